The van der Waals surface area contributed by atoms with Crippen molar-refractivity contribution in [1.29, 1.82) is 0 Å². The summed E-state index contributed by atoms with van der Waals surface area (Å²) in [5.74, 6) is 0. The summed E-state index contributed by atoms with van der Waals surface area (Å²) >= 11 is 7.55. The third kappa shape index (κ3) is 1.97. The van der Waals surface area contributed by atoms with Crippen molar-refractivity contribution >= 4 is 67.8 Å². The van der Waals surface area contributed by atoms with Gasteiger partial charge in [0.05, 0.1) is 18.2 Å². The van der Waals surface area contributed by atoms with Crippen molar-refractivity contribution in [2.45, 2.75) is 18.2 Å². The molecule has 0 saturated carbocycles. The third-order valence-corrected chi connectivity index (χ3v) is 9.42. The SMILES string of the molecule is CSc1cc2c(s1)-c1sc(SC)cc1SS2. The third-order valence-electron chi connectivity index (χ3n) is 2.18. The van der Waals surface area contributed by atoms with E-state index in [9.17, 15) is 0 Å². The highest BCUT2D eigenvalue weighted by Gasteiger charge is 2.23. The Morgan fingerprint density at radius 1 is 0.812 bits per heavy atom. The number of rotatable bonds is 2. The van der Waals surface area contributed by atoms with Gasteiger partial charge in [0.2, 0.25) is 0 Å². The van der Waals surface area contributed by atoms with Gasteiger partial charge < -0.3 is 0 Å². The standard InChI is InChI=1S/C10H8S6/c1-11-7-3-5-9(13-7)10-6(16-15-5)4-8(12-2)14-10/h3-4H,1-2H3. The molecule has 0 N–H and O–H groups in total. The van der Waals surface area contributed by atoms with Crippen LogP contribution in [0.1, 0.15) is 0 Å². The van der Waals surface area contributed by atoms with E-state index in [0.717, 1.165) is 0 Å². The van der Waals surface area contributed by atoms with Crippen molar-refractivity contribution in [2.75, 3.05) is 12.5 Å². The van der Waals surface area contributed by atoms with Crippen LogP contribution in [0.5, 0.6) is 0 Å². The van der Waals surface area contributed by atoms with Gasteiger partial charge in [-0.25, -0.2) is 0 Å². The number of fused-ring (bicyclic) bond motifs is 3. The fourth-order valence-corrected chi connectivity index (χ4v) is 8.24. The maximum absolute atomic E-state index is 2.32. The summed E-state index contributed by atoms with van der Waals surface area (Å²) in [6, 6.07) is 4.65. The number of thioether (sulfide) groups is 2. The van der Waals surface area contributed by atoms with E-state index in [1.165, 1.54) is 28.0 Å². The second kappa shape index (κ2) is 4.82. The Hall–Kier alpha value is 0.800. The first kappa shape index (κ1) is 11.9. The number of thiophene rings is 2. The Morgan fingerprint density at radius 3 is 1.62 bits per heavy atom. The molecule has 0 saturated heterocycles. The first-order chi connectivity index (χ1) is 7.81. The summed E-state index contributed by atoms with van der Waals surface area (Å²) in [6.07, 6.45) is 4.30. The van der Waals surface area contributed by atoms with Crippen LogP contribution >= 0.6 is 67.8 Å². The summed E-state index contributed by atoms with van der Waals surface area (Å²) in [5, 5.41) is 0. The van der Waals surface area contributed by atoms with E-state index in [-0.39, 0.29) is 0 Å². The zero-order chi connectivity index (χ0) is 11.1. The smallest absolute Gasteiger partial charge is 0.0614 e. The molecule has 2 aromatic rings. The van der Waals surface area contributed by atoms with Crippen molar-refractivity contribution in [3.8, 4) is 9.75 Å². The quantitative estimate of drug-likeness (QED) is 0.489. The maximum atomic E-state index is 2.32. The van der Waals surface area contributed by atoms with E-state index in [2.05, 4.69) is 24.6 Å². The lowest BCUT2D eigenvalue weighted by atomic mass is 10.4. The van der Waals surface area contributed by atoms with Crippen molar-refractivity contribution in [3.05, 3.63) is 12.1 Å². The molecule has 0 atom stereocenters. The Morgan fingerprint density at radius 2 is 1.25 bits per heavy atom. The Balaban J connectivity index is 2.13. The van der Waals surface area contributed by atoms with Crippen LogP contribution in [0, 0.1) is 0 Å². The highest BCUT2D eigenvalue weighted by atomic mass is 33.1. The van der Waals surface area contributed by atoms with E-state index in [1.807, 2.05) is 67.8 Å². The van der Waals surface area contributed by atoms with Gasteiger partial charge in [-0.15, -0.1) is 46.2 Å². The Kier molecular flexibility index (Phi) is 3.57. The molecule has 0 nitrogen and oxygen atoms in total. The van der Waals surface area contributed by atoms with Crippen LogP contribution in [0.2, 0.25) is 0 Å². The zero-order valence-corrected chi connectivity index (χ0v) is 13.5. The Bertz CT molecular complexity index is 475. The van der Waals surface area contributed by atoms with Gasteiger partial charge in [0.15, 0.2) is 0 Å². The minimum absolute atomic E-state index is 1.42. The summed E-state index contributed by atoms with van der Waals surface area (Å²) in [5.41, 5.74) is 0. The van der Waals surface area contributed by atoms with Crippen LogP contribution in [0.15, 0.2) is 30.3 Å². The average molecular weight is 321 g/mol. The predicted molar refractivity (Wildman–Crippen MR) is 82.9 cm³/mol. The summed E-state index contributed by atoms with van der Waals surface area (Å²) in [6.45, 7) is 0. The van der Waals surface area contributed by atoms with E-state index >= 15 is 0 Å². The molecule has 84 valence electrons. The van der Waals surface area contributed by atoms with E-state index in [0.29, 0.717) is 0 Å². The normalized spacial score (nSPS) is 13.6. The van der Waals surface area contributed by atoms with Gasteiger partial charge in [0.25, 0.3) is 0 Å². The largest absolute Gasteiger partial charge is 0.127 e. The zero-order valence-electron chi connectivity index (χ0n) is 8.60. The molecule has 3 rings (SSSR count). The van der Waals surface area contributed by atoms with Crippen LogP contribution in [0.25, 0.3) is 9.75 Å². The first-order valence-electron chi connectivity index (χ1n) is 4.52. The second-order valence-electron chi connectivity index (χ2n) is 3.09. The van der Waals surface area contributed by atoms with Gasteiger partial charge in [-0.2, -0.15) is 0 Å². The van der Waals surface area contributed by atoms with Crippen molar-refractivity contribution in [3.63, 3.8) is 0 Å². The average Bonchev–Trinajstić information content (AvgIpc) is 2.90. The highest BCUT2D eigenvalue weighted by Crippen LogP contribution is 2.58. The summed E-state index contributed by atoms with van der Waals surface area (Å²) in [7, 11) is 3.81. The van der Waals surface area contributed by atoms with Gasteiger partial charge >= 0.3 is 0 Å². The molecule has 0 fully saturated rings. The van der Waals surface area contributed by atoms with E-state index in [1.54, 1.807) is 0 Å². The molecule has 0 bridgehead atoms. The fourth-order valence-electron chi connectivity index (χ4n) is 1.44. The lowest BCUT2D eigenvalue weighted by Crippen LogP contribution is -1.76. The van der Waals surface area contributed by atoms with Crippen LogP contribution in [0.4, 0.5) is 0 Å². The van der Waals surface area contributed by atoms with E-state index < -0.39 is 0 Å². The van der Waals surface area contributed by atoms with Gasteiger partial charge in [-0.3, -0.25) is 0 Å². The highest BCUT2D eigenvalue weighted by molar-refractivity contribution is 8.77. The van der Waals surface area contributed by atoms with Crippen LogP contribution in [0.3, 0.4) is 0 Å². The number of hydrogen-bond acceptors (Lipinski definition) is 6. The van der Waals surface area contributed by atoms with Gasteiger partial charge in [0.1, 0.15) is 0 Å². The molecule has 3 heterocycles. The summed E-state index contributed by atoms with van der Waals surface area (Å²) in [4.78, 5) is 5.85. The topological polar surface area (TPSA) is 0 Å². The van der Waals surface area contributed by atoms with Crippen molar-refractivity contribution in [2.24, 2.45) is 0 Å². The molecular weight excluding hydrogens is 313 g/mol. The monoisotopic (exact) mass is 320 g/mol. The molecule has 1 aliphatic heterocycles. The molecule has 16 heavy (non-hydrogen) atoms. The molecule has 0 unspecified atom stereocenters. The molecular formula is C10H8S6. The molecule has 0 amide bonds. The van der Waals surface area contributed by atoms with Crippen molar-refractivity contribution in [1.82, 2.24) is 0 Å². The predicted octanol–water partition coefficient (Wildman–Crippen LogP) is 6.03. The molecule has 2 aromatic heterocycles. The minimum Gasteiger partial charge on any atom is -0.127 e. The first-order valence-corrected chi connectivity index (χ1v) is 10.8. The Labute approximate surface area is 119 Å². The second-order valence-corrected chi connectivity index (χ2v) is 9.62. The lowest BCUT2D eigenvalue weighted by Gasteiger charge is -2.08. The molecule has 6 heteroatoms. The van der Waals surface area contributed by atoms with Crippen LogP contribution in [-0.2, 0) is 0 Å². The molecule has 0 aliphatic carbocycles. The van der Waals surface area contributed by atoms with Crippen LogP contribution < -0.4 is 0 Å². The molecule has 1 aliphatic rings. The summed E-state index contributed by atoms with van der Waals surface area (Å²) < 4.78 is 2.84. The van der Waals surface area contributed by atoms with Gasteiger partial charge in [-0.1, -0.05) is 21.6 Å². The van der Waals surface area contributed by atoms with Gasteiger partial charge in [0, 0.05) is 9.79 Å². The lowest BCUT2D eigenvalue weighted by molar-refractivity contribution is 1.47. The van der Waals surface area contributed by atoms with Crippen molar-refractivity contribution < 1.29 is 0 Å². The fraction of sp³-hybridized carbons (Fsp3) is 0.200. The minimum atomic E-state index is 1.42. The molecule has 0 spiro atoms. The van der Waals surface area contributed by atoms with Gasteiger partial charge in [-0.05, 0) is 24.6 Å². The molecule has 0 radical (unpaired) electrons. The maximum Gasteiger partial charge on any atom is 0.0614 e. The van der Waals surface area contributed by atoms with Crippen LogP contribution in [-0.4, -0.2) is 12.5 Å². The number of hydrogen-bond donors (Lipinski definition) is 0. The van der Waals surface area contributed by atoms with E-state index in [4.69, 9.17) is 0 Å². The molecule has 0 aromatic carbocycles.